The molecule has 0 fully saturated rings. The standard InChI is InChI=1S/C17H27N3/c1-4-19(5-2)12-9-13-20(6-3)15-17-11-8-7-10-16(17)14-18/h7-8,10-11H,4-6,9,12-13,15H2,1-3H3. The van der Waals surface area contributed by atoms with Crippen LogP contribution in [0.3, 0.4) is 0 Å². The van der Waals surface area contributed by atoms with Gasteiger partial charge in [-0.05, 0) is 50.8 Å². The van der Waals surface area contributed by atoms with Gasteiger partial charge in [-0.25, -0.2) is 0 Å². The summed E-state index contributed by atoms with van der Waals surface area (Å²) in [6.07, 6.45) is 1.18. The van der Waals surface area contributed by atoms with Gasteiger partial charge in [-0.1, -0.05) is 39.0 Å². The first-order valence-corrected chi connectivity index (χ1v) is 7.67. The van der Waals surface area contributed by atoms with E-state index in [1.165, 1.54) is 6.42 Å². The second-order valence-electron chi connectivity index (χ2n) is 5.02. The van der Waals surface area contributed by atoms with Crippen molar-refractivity contribution in [1.82, 2.24) is 9.80 Å². The van der Waals surface area contributed by atoms with E-state index in [-0.39, 0.29) is 0 Å². The number of nitriles is 1. The Bertz CT molecular complexity index is 418. The van der Waals surface area contributed by atoms with Crippen molar-refractivity contribution in [2.75, 3.05) is 32.7 Å². The molecule has 110 valence electrons. The highest BCUT2D eigenvalue weighted by Gasteiger charge is 2.08. The molecule has 0 N–H and O–H groups in total. The molecule has 0 amide bonds. The Morgan fingerprint density at radius 1 is 0.950 bits per heavy atom. The highest BCUT2D eigenvalue weighted by molar-refractivity contribution is 5.37. The highest BCUT2D eigenvalue weighted by atomic mass is 15.1. The summed E-state index contributed by atoms with van der Waals surface area (Å²) in [7, 11) is 0. The van der Waals surface area contributed by atoms with Crippen molar-refractivity contribution < 1.29 is 0 Å². The molecule has 3 nitrogen and oxygen atoms in total. The van der Waals surface area contributed by atoms with Gasteiger partial charge in [-0.3, -0.25) is 4.90 Å². The van der Waals surface area contributed by atoms with Crippen LogP contribution in [0.15, 0.2) is 24.3 Å². The molecule has 0 aromatic heterocycles. The van der Waals surface area contributed by atoms with Gasteiger partial charge in [0, 0.05) is 6.54 Å². The van der Waals surface area contributed by atoms with E-state index in [9.17, 15) is 0 Å². The van der Waals surface area contributed by atoms with E-state index in [1.54, 1.807) is 0 Å². The van der Waals surface area contributed by atoms with Crippen molar-refractivity contribution in [3.05, 3.63) is 35.4 Å². The molecule has 0 aliphatic carbocycles. The molecule has 1 aromatic rings. The van der Waals surface area contributed by atoms with Gasteiger partial charge in [0.2, 0.25) is 0 Å². The molecule has 0 aliphatic heterocycles. The average molecular weight is 273 g/mol. The van der Waals surface area contributed by atoms with Crippen LogP contribution in [-0.4, -0.2) is 42.5 Å². The molecule has 0 bridgehead atoms. The van der Waals surface area contributed by atoms with Crippen molar-refractivity contribution in [2.24, 2.45) is 0 Å². The van der Waals surface area contributed by atoms with Crippen molar-refractivity contribution >= 4 is 0 Å². The van der Waals surface area contributed by atoms with E-state index >= 15 is 0 Å². The first-order chi connectivity index (χ1) is 9.74. The van der Waals surface area contributed by atoms with Crippen LogP contribution in [0.5, 0.6) is 0 Å². The summed E-state index contributed by atoms with van der Waals surface area (Å²) < 4.78 is 0. The molecular formula is C17H27N3. The lowest BCUT2D eigenvalue weighted by atomic mass is 10.1. The topological polar surface area (TPSA) is 30.3 Å². The molecule has 0 saturated heterocycles. The van der Waals surface area contributed by atoms with E-state index in [2.05, 4.69) is 42.7 Å². The number of hydrogen-bond acceptors (Lipinski definition) is 3. The van der Waals surface area contributed by atoms with Crippen LogP contribution in [0.4, 0.5) is 0 Å². The lowest BCUT2D eigenvalue weighted by molar-refractivity contribution is 0.238. The number of nitrogens with zero attached hydrogens (tertiary/aromatic N) is 3. The van der Waals surface area contributed by atoms with Gasteiger partial charge >= 0.3 is 0 Å². The Morgan fingerprint density at radius 2 is 1.55 bits per heavy atom. The molecule has 0 heterocycles. The Morgan fingerprint density at radius 3 is 2.15 bits per heavy atom. The molecule has 3 heteroatoms. The molecule has 0 radical (unpaired) electrons. The molecular weight excluding hydrogens is 246 g/mol. The molecule has 0 spiro atoms. The molecule has 1 rings (SSSR count). The minimum Gasteiger partial charge on any atom is -0.304 e. The maximum Gasteiger partial charge on any atom is 0.0995 e. The maximum absolute atomic E-state index is 9.14. The molecule has 0 atom stereocenters. The lowest BCUT2D eigenvalue weighted by Crippen LogP contribution is -2.30. The van der Waals surface area contributed by atoms with Crippen molar-refractivity contribution in [3.8, 4) is 6.07 Å². The number of rotatable bonds is 9. The van der Waals surface area contributed by atoms with Crippen LogP contribution >= 0.6 is 0 Å². The van der Waals surface area contributed by atoms with Gasteiger partial charge in [-0.2, -0.15) is 5.26 Å². The normalized spacial score (nSPS) is 11.0. The Labute approximate surface area is 123 Å². The third-order valence-corrected chi connectivity index (χ3v) is 3.82. The van der Waals surface area contributed by atoms with E-state index in [4.69, 9.17) is 5.26 Å². The fourth-order valence-electron chi connectivity index (χ4n) is 2.41. The monoisotopic (exact) mass is 273 g/mol. The third kappa shape index (κ3) is 5.32. The zero-order valence-corrected chi connectivity index (χ0v) is 13.1. The molecule has 0 aliphatic rings. The summed E-state index contributed by atoms with van der Waals surface area (Å²) in [5.41, 5.74) is 1.94. The Hall–Kier alpha value is -1.37. The summed E-state index contributed by atoms with van der Waals surface area (Å²) in [5.74, 6) is 0. The summed E-state index contributed by atoms with van der Waals surface area (Å²) in [6.45, 7) is 13.0. The fourth-order valence-corrected chi connectivity index (χ4v) is 2.41. The van der Waals surface area contributed by atoms with Crippen LogP contribution in [0, 0.1) is 11.3 Å². The summed E-state index contributed by atoms with van der Waals surface area (Å²) >= 11 is 0. The van der Waals surface area contributed by atoms with Gasteiger partial charge in [0.05, 0.1) is 11.6 Å². The third-order valence-electron chi connectivity index (χ3n) is 3.82. The Balaban J connectivity index is 2.49. The highest BCUT2D eigenvalue weighted by Crippen LogP contribution is 2.11. The number of hydrogen-bond donors (Lipinski definition) is 0. The fraction of sp³-hybridized carbons (Fsp3) is 0.588. The zero-order valence-electron chi connectivity index (χ0n) is 13.1. The predicted molar refractivity (Wildman–Crippen MR) is 84.5 cm³/mol. The lowest BCUT2D eigenvalue weighted by Gasteiger charge is -2.23. The summed E-state index contributed by atoms with van der Waals surface area (Å²) in [4.78, 5) is 4.87. The molecule has 0 unspecified atom stereocenters. The SMILES string of the molecule is CCN(CC)CCCN(CC)Cc1ccccc1C#N. The smallest absolute Gasteiger partial charge is 0.0995 e. The molecule has 20 heavy (non-hydrogen) atoms. The van der Waals surface area contributed by atoms with Gasteiger partial charge in [0.1, 0.15) is 0 Å². The van der Waals surface area contributed by atoms with Crippen LogP contribution in [-0.2, 0) is 6.54 Å². The minimum atomic E-state index is 0.801. The summed E-state index contributed by atoms with van der Waals surface area (Å²) in [5, 5.41) is 9.14. The van der Waals surface area contributed by atoms with E-state index < -0.39 is 0 Å². The van der Waals surface area contributed by atoms with E-state index in [0.717, 1.165) is 50.4 Å². The van der Waals surface area contributed by atoms with E-state index in [1.807, 2.05) is 18.2 Å². The van der Waals surface area contributed by atoms with Gasteiger partial charge in [0.15, 0.2) is 0 Å². The van der Waals surface area contributed by atoms with Crippen molar-refractivity contribution in [1.29, 1.82) is 5.26 Å². The Kier molecular flexibility index (Phi) is 7.94. The maximum atomic E-state index is 9.14. The first kappa shape index (κ1) is 16.7. The van der Waals surface area contributed by atoms with E-state index in [0.29, 0.717) is 0 Å². The zero-order chi connectivity index (χ0) is 14.8. The van der Waals surface area contributed by atoms with Crippen LogP contribution < -0.4 is 0 Å². The van der Waals surface area contributed by atoms with Crippen molar-refractivity contribution in [2.45, 2.75) is 33.7 Å². The van der Waals surface area contributed by atoms with Gasteiger partial charge in [0.25, 0.3) is 0 Å². The van der Waals surface area contributed by atoms with Crippen LogP contribution in [0.25, 0.3) is 0 Å². The molecule has 0 saturated carbocycles. The van der Waals surface area contributed by atoms with Gasteiger partial charge in [-0.15, -0.1) is 0 Å². The average Bonchev–Trinajstić information content (AvgIpc) is 2.50. The van der Waals surface area contributed by atoms with Crippen molar-refractivity contribution in [3.63, 3.8) is 0 Å². The second-order valence-corrected chi connectivity index (χ2v) is 5.02. The van der Waals surface area contributed by atoms with Crippen LogP contribution in [0.2, 0.25) is 0 Å². The molecule has 1 aromatic carbocycles. The quantitative estimate of drug-likeness (QED) is 0.692. The van der Waals surface area contributed by atoms with Crippen LogP contribution in [0.1, 0.15) is 38.3 Å². The van der Waals surface area contributed by atoms with Gasteiger partial charge < -0.3 is 4.90 Å². The number of benzene rings is 1. The predicted octanol–water partition coefficient (Wildman–Crippen LogP) is 3.11. The first-order valence-electron chi connectivity index (χ1n) is 7.67. The minimum absolute atomic E-state index is 0.801. The summed E-state index contributed by atoms with van der Waals surface area (Å²) in [6, 6.07) is 10.2. The second kappa shape index (κ2) is 9.52. The largest absolute Gasteiger partial charge is 0.304 e.